The van der Waals surface area contributed by atoms with Crippen LogP contribution in [0.25, 0.3) is 10.9 Å². The maximum atomic E-state index is 13.3. The number of hydrogen-bond acceptors (Lipinski definition) is 6. The average Bonchev–Trinajstić information content (AvgIpc) is 2.82. The first-order valence-corrected chi connectivity index (χ1v) is 12.4. The molecule has 7 heteroatoms. The van der Waals surface area contributed by atoms with Crippen LogP contribution in [0.2, 0.25) is 0 Å². The highest BCUT2D eigenvalue weighted by atomic mass is 16.5. The molecule has 3 aromatic rings. The summed E-state index contributed by atoms with van der Waals surface area (Å²) in [5.74, 6) is 1.91. The van der Waals surface area contributed by atoms with E-state index in [0.717, 1.165) is 66.3 Å². The van der Waals surface area contributed by atoms with Crippen LogP contribution in [0.3, 0.4) is 0 Å². The number of ether oxygens (including phenoxy) is 1. The Bertz CT molecular complexity index is 1270. The lowest BCUT2D eigenvalue weighted by Gasteiger charge is -2.36. The van der Waals surface area contributed by atoms with Crippen LogP contribution in [-0.4, -0.2) is 39.2 Å². The summed E-state index contributed by atoms with van der Waals surface area (Å²) in [6, 6.07) is 6.05. The Hall–Kier alpha value is -2.80. The molecule has 1 saturated heterocycles. The number of rotatable bonds is 3. The minimum absolute atomic E-state index is 0.00175. The fourth-order valence-electron chi connectivity index (χ4n) is 5.34. The largest absolute Gasteiger partial charge is 0.370 e. The number of aryl methyl sites for hydroxylation is 2. The van der Waals surface area contributed by atoms with Crippen LogP contribution >= 0.6 is 0 Å². The molecule has 0 bridgehead atoms. The van der Waals surface area contributed by atoms with Gasteiger partial charge in [0, 0.05) is 37.9 Å². The van der Waals surface area contributed by atoms with Gasteiger partial charge in [-0.05, 0) is 68.7 Å². The molecule has 0 unspecified atom stereocenters. The van der Waals surface area contributed by atoms with Crippen molar-refractivity contribution in [1.82, 2.24) is 19.5 Å². The number of nitrogens with zero attached hydrogens (tertiary/aromatic N) is 5. The maximum absolute atomic E-state index is 13.3. The molecule has 2 aliphatic rings. The van der Waals surface area contributed by atoms with E-state index in [1.165, 1.54) is 0 Å². The summed E-state index contributed by atoms with van der Waals surface area (Å²) >= 11 is 0. The monoisotopic (exact) mass is 461 g/mol. The summed E-state index contributed by atoms with van der Waals surface area (Å²) in [5.41, 5.74) is 4.24. The molecule has 4 heterocycles. The van der Waals surface area contributed by atoms with Gasteiger partial charge < -0.3 is 9.64 Å². The van der Waals surface area contributed by atoms with Gasteiger partial charge in [-0.3, -0.25) is 14.3 Å². The first-order valence-electron chi connectivity index (χ1n) is 12.4. The van der Waals surface area contributed by atoms with Gasteiger partial charge in [-0.1, -0.05) is 13.8 Å². The van der Waals surface area contributed by atoms with Crippen molar-refractivity contribution in [1.29, 1.82) is 0 Å². The number of aromatic nitrogens is 4. The second kappa shape index (κ2) is 8.77. The maximum Gasteiger partial charge on any atom is 0.261 e. The molecule has 7 nitrogen and oxygen atoms in total. The van der Waals surface area contributed by atoms with E-state index in [1.54, 1.807) is 11.6 Å². The summed E-state index contributed by atoms with van der Waals surface area (Å²) < 4.78 is 7.75. The van der Waals surface area contributed by atoms with Gasteiger partial charge >= 0.3 is 0 Å². The van der Waals surface area contributed by atoms with Crippen molar-refractivity contribution in [3.8, 4) is 0 Å². The number of hydrogen-bond donors (Lipinski definition) is 0. The average molecular weight is 462 g/mol. The smallest absolute Gasteiger partial charge is 0.261 e. The zero-order chi connectivity index (χ0) is 24.0. The molecule has 1 aliphatic heterocycles. The van der Waals surface area contributed by atoms with Crippen LogP contribution in [-0.2, 0) is 11.8 Å². The van der Waals surface area contributed by atoms with E-state index in [2.05, 4.69) is 29.8 Å². The minimum atomic E-state index is -0.0501. The zero-order valence-corrected chi connectivity index (χ0v) is 21.0. The fourth-order valence-corrected chi connectivity index (χ4v) is 5.34. The van der Waals surface area contributed by atoms with Crippen molar-refractivity contribution in [2.75, 3.05) is 24.6 Å². The molecular formula is C27H35N5O2. The molecule has 0 spiro atoms. The summed E-state index contributed by atoms with van der Waals surface area (Å²) in [6.07, 6.45) is 6.27. The van der Waals surface area contributed by atoms with Crippen LogP contribution in [0.4, 0.5) is 5.82 Å². The normalized spacial score (nSPS) is 21.2. The third kappa shape index (κ3) is 4.33. The van der Waals surface area contributed by atoms with E-state index in [-0.39, 0.29) is 11.7 Å². The lowest BCUT2D eigenvalue weighted by atomic mass is 9.72. The van der Waals surface area contributed by atoms with Gasteiger partial charge in [-0.15, -0.1) is 0 Å². The van der Waals surface area contributed by atoms with Crippen molar-refractivity contribution in [3.05, 3.63) is 57.5 Å². The molecule has 0 amide bonds. The predicted octanol–water partition coefficient (Wildman–Crippen LogP) is 4.60. The van der Waals surface area contributed by atoms with Gasteiger partial charge in [-0.2, -0.15) is 0 Å². The first kappa shape index (κ1) is 23.0. The minimum Gasteiger partial charge on any atom is -0.370 e. The van der Waals surface area contributed by atoms with E-state index < -0.39 is 0 Å². The molecule has 1 saturated carbocycles. The van der Waals surface area contributed by atoms with Crippen molar-refractivity contribution >= 4 is 16.7 Å². The molecule has 3 aromatic heterocycles. The quantitative estimate of drug-likeness (QED) is 0.568. The first-order chi connectivity index (χ1) is 16.2. The number of pyridine rings is 2. The van der Waals surface area contributed by atoms with Crippen molar-refractivity contribution in [2.45, 2.75) is 65.4 Å². The third-order valence-corrected chi connectivity index (χ3v) is 7.71. The van der Waals surface area contributed by atoms with Crippen LogP contribution in [0.1, 0.15) is 74.3 Å². The van der Waals surface area contributed by atoms with Crippen LogP contribution in [0, 0.1) is 19.3 Å². The molecule has 0 radical (unpaired) electrons. The van der Waals surface area contributed by atoms with Gasteiger partial charge in [0.2, 0.25) is 0 Å². The van der Waals surface area contributed by atoms with Gasteiger partial charge in [0.1, 0.15) is 17.7 Å². The van der Waals surface area contributed by atoms with Crippen LogP contribution < -0.4 is 10.5 Å². The summed E-state index contributed by atoms with van der Waals surface area (Å²) in [6.45, 7) is 10.6. The highest BCUT2D eigenvalue weighted by Crippen LogP contribution is 2.43. The number of morpholine rings is 1. The third-order valence-electron chi connectivity index (χ3n) is 7.71. The molecule has 5 rings (SSSR count). The lowest BCUT2D eigenvalue weighted by molar-refractivity contribution is 0.0394. The van der Waals surface area contributed by atoms with Gasteiger partial charge in [-0.25, -0.2) is 9.97 Å². The summed E-state index contributed by atoms with van der Waals surface area (Å²) in [4.78, 5) is 29.9. The van der Waals surface area contributed by atoms with Gasteiger partial charge in [0.25, 0.3) is 5.56 Å². The standard InChI is InChI=1S/C27H35N5O2/c1-17-14-20(8-11-28-17)22-16-32(12-13-34-22)23-15-21-25(29-18(2)31(5)26(21)33)24(30-23)19-6-9-27(3,4)10-7-19/h8,11,14-15,19,22H,6-7,9-10,12-13,16H2,1-5H3/t22-/m1/s1. The Labute approximate surface area is 201 Å². The van der Waals surface area contributed by atoms with Gasteiger partial charge in [0.15, 0.2) is 0 Å². The summed E-state index contributed by atoms with van der Waals surface area (Å²) in [7, 11) is 1.80. The second-order valence-electron chi connectivity index (χ2n) is 10.8. The molecule has 1 atom stereocenters. The van der Waals surface area contributed by atoms with E-state index in [4.69, 9.17) is 14.7 Å². The molecule has 1 aliphatic carbocycles. The number of anilines is 1. The van der Waals surface area contributed by atoms with Crippen LogP contribution in [0.5, 0.6) is 0 Å². The van der Waals surface area contributed by atoms with Crippen molar-refractivity contribution in [2.24, 2.45) is 12.5 Å². The molecule has 180 valence electrons. The van der Waals surface area contributed by atoms with Crippen molar-refractivity contribution in [3.63, 3.8) is 0 Å². The molecule has 0 N–H and O–H groups in total. The Balaban J connectivity index is 1.56. The van der Waals surface area contributed by atoms with E-state index in [1.807, 2.05) is 32.2 Å². The van der Waals surface area contributed by atoms with E-state index >= 15 is 0 Å². The predicted molar refractivity (Wildman–Crippen MR) is 134 cm³/mol. The highest BCUT2D eigenvalue weighted by molar-refractivity contribution is 5.83. The topological polar surface area (TPSA) is 73.1 Å². The highest BCUT2D eigenvalue weighted by Gasteiger charge is 2.31. The summed E-state index contributed by atoms with van der Waals surface area (Å²) in [5, 5.41) is 0.667. The fraction of sp³-hybridized carbons (Fsp3) is 0.556. The SMILES string of the molecule is Cc1cc([C@H]2CN(c3cc4c(=O)n(C)c(C)nc4c(C4CCC(C)(C)CC4)n3)CCO2)ccn1. The molecule has 0 aromatic carbocycles. The van der Waals surface area contributed by atoms with Crippen molar-refractivity contribution < 1.29 is 4.74 Å². The Morgan fingerprint density at radius 2 is 1.88 bits per heavy atom. The number of fused-ring (bicyclic) bond motifs is 1. The second-order valence-corrected chi connectivity index (χ2v) is 10.8. The van der Waals surface area contributed by atoms with Gasteiger partial charge in [0.05, 0.1) is 23.2 Å². The zero-order valence-electron chi connectivity index (χ0n) is 21.0. The molecule has 2 fully saturated rings. The van der Waals surface area contributed by atoms with E-state index in [9.17, 15) is 4.79 Å². The Morgan fingerprint density at radius 3 is 2.62 bits per heavy atom. The lowest BCUT2D eigenvalue weighted by Crippen LogP contribution is -2.39. The molecule has 34 heavy (non-hydrogen) atoms. The Morgan fingerprint density at radius 1 is 1.12 bits per heavy atom. The molecular weight excluding hydrogens is 426 g/mol. The Kier molecular flexibility index (Phi) is 5.92. The van der Waals surface area contributed by atoms with Crippen LogP contribution in [0.15, 0.2) is 29.2 Å². The van der Waals surface area contributed by atoms with E-state index in [0.29, 0.717) is 29.9 Å².